The van der Waals surface area contributed by atoms with Gasteiger partial charge in [0.05, 0.1) is 18.6 Å². The van der Waals surface area contributed by atoms with E-state index in [1.807, 2.05) is 0 Å². The number of ether oxygens (including phenoxy) is 1. The topological polar surface area (TPSA) is 201 Å². The normalized spacial score (nSPS) is 25.8. The van der Waals surface area contributed by atoms with Crippen LogP contribution >= 0.6 is 0 Å². The van der Waals surface area contributed by atoms with Gasteiger partial charge < -0.3 is 50.0 Å². The zero-order valence-corrected chi connectivity index (χ0v) is 16.3. The summed E-state index contributed by atoms with van der Waals surface area (Å²) in [6, 6.07) is 5.98. The first kappa shape index (κ1) is 21.9. The molecule has 0 spiro atoms. The second-order valence-electron chi connectivity index (χ2n) is 7.44. The zero-order valence-electron chi connectivity index (χ0n) is 16.3. The Kier molecular flexibility index (Phi) is 5.44. The maximum Gasteiger partial charge on any atom is 0.238 e. The molecule has 5 atom stereocenters. The van der Waals surface area contributed by atoms with Gasteiger partial charge in [-0.25, -0.2) is 0 Å². The summed E-state index contributed by atoms with van der Waals surface area (Å²) in [7, 11) is 0. The summed E-state index contributed by atoms with van der Waals surface area (Å²) in [4.78, 5) is 12.8. The lowest BCUT2D eigenvalue weighted by Crippen LogP contribution is -2.54. The van der Waals surface area contributed by atoms with Crippen molar-refractivity contribution in [2.75, 3.05) is 6.61 Å². The number of phenolic OH excluding ortho intramolecular Hbond substituents is 3. The largest absolute Gasteiger partial charge is 0.508 e. The van der Waals surface area contributed by atoms with E-state index in [2.05, 4.69) is 0 Å². The van der Waals surface area contributed by atoms with Crippen molar-refractivity contribution in [3.8, 4) is 34.3 Å². The summed E-state index contributed by atoms with van der Waals surface area (Å²) in [6.45, 7) is -0.710. The molecule has 11 nitrogen and oxygen atoms in total. The first-order valence-corrected chi connectivity index (χ1v) is 9.50. The molecule has 1 saturated heterocycles. The molecule has 2 aromatic carbocycles. The molecule has 0 saturated carbocycles. The van der Waals surface area contributed by atoms with Crippen LogP contribution in [-0.2, 0) is 4.74 Å². The monoisotopic (exact) mass is 448 g/mol. The number of aromatic hydroxyl groups is 4. The van der Waals surface area contributed by atoms with Crippen molar-refractivity contribution in [1.29, 1.82) is 0 Å². The summed E-state index contributed by atoms with van der Waals surface area (Å²) >= 11 is 0. The molecule has 11 heteroatoms. The second kappa shape index (κ2) is 7.97. The minimum absolute atomic E-state index is 0.0922. The van der Waals surface area contributed by atoms with Crippen molar-refractivity contribution in [1.82, 2.24) is 0 Å². The molecular weight excluding hydrogens is 428 g/mol. The van der Waals surface area contributed by atoms with E-state index in [0.29, 0.717) is 0 Å². The quantitative estimate of drug-likeness (QED) is 0.264. The van der Waals surface area contributed by atoms with Gasteiger partial charge >= 0.3 is 0 Å². The van der Waals surface area contributed by atoms with Gasteiger partial charge in [0.15, 0.2) is 12.1 Å². The number of hydrogen-bond donors (Lipinski definition) is 8. The number of aliphatic hydroxyl groups excluding tert-OH is 4. The summed E-state index contributed by atoms with van der Waals surface area (Å²) in [5.74, 6) is -4.32. The Bertz CT molecular complexity index is 1220. The molecule has 0 amide bonds. The number of rotatable bonds is 3. The number of phenols is 3. The molecule has 2 heterocycles. The average Bonchev–Trinajstić information content (AvgIpc) is 2.75. The van der Waals surface area contributed by atoms with Crippen molar-refractivity contribution in [2.24, 2.45) is 0 Å². The second-order valence-corrected chi connectivity index (χ2v) is 7.44. The standard InChI is InChI=1S/C21H20O11/c22-6-11-15(26)17(28)14(21(30)31-11)12-9(24)5-10(25)13-16(27)18(29)19(32-20(12)13)7-1-3-8(23)4-2-7/h1-5,11,14-15,17,21-26,28-30H,6H2/t11-,14-,15-,17-,21-/m1/s1. The molecule has 1 aliphatic rings. The summed E-state index contributed by atoms with van der Waals surface area (Å²) < 4.78 is 10.8. The van der Waals surface area contributed by atoms with Crippen LogP contribution in [-0.4, -0.2) is 72.1 Å². The third kappa shape index (κ3) is 3.32. The average molecular weight is 448 g/mol. The van der Waals surface area contributed by atoms with Gasteiger partial charge in [0.1, 0.15) is 40.4 Å². The van der Waals surface area contributed by atoms with Crippen molar-refractivity contribution in [2.45, 2.75) is 30.5 Å². The van der Waals surface area contributed by atoms with Gasteiger partial charge in [-0.2, -0.15) is 0 Å². The fourth-order valence-corrected chi connectivity index (χ4v) is 3.88. The molecule has 32 heavy (non-hydrogen) atoms. The third-order valence-electron chi connectivity index (χ3n) is 5.50. The van der Waals surface area contributed by atoms with E-state index in [1.165, 1.54) is 24.3 Å². The molecule has 1 aromatic heterocycles. The number of fused-ring (bicyclic) bond motifs is 1. The van der Waals surface area contributed by atoms with Gasteiger partial charge in [-0.15, -0.1) is 0 Å². The number of benzene rings is 2. The van der Waals surface area contributed by atoms with Gasteiger partial charge in [0, 0.05) is 17.2 Å². The van der Waals surface area contributed by atoms with E-state index >= 15 is 0 Å². The van der Waals surface area contributed by atoms with Gasteiger partial charge in [-0.05, 0) is 24.3 Å². The highest BCUT2D eigenvalue weighted by atomic mass is 16.6. The van der Waals surface area contributed by atoms with E-state index in [0.717, 1.165) is 6.07 Å². The smallest absolute Gasteiger partial charge is 0.238 e. The van der Waals surface area contributed by atoms with Gasteiger partial charge in [-0.3, -0.25) is 4.79 Å². The predicted molar refractivity (Wildman–Crippen MR) is 107 cm³/mol. The highest BCUT2D eigenvalue weighted by Gasteiger charge is 2.46. The minimum Gasteiger partial charge on any atom is -0.508 e. The van der Waals surface area contributed by atoms with Crippen LogP contribution in [0.15, 0.2) is 39.5 Å². The van der Waals surface area contributed by atoms with E-state index in [-0.39, 0.29) is 22.6 Å². The molecule has 170 valence electrons. The van der Waals surface area contributed by atoms with Crippen molar-refractivity contribution in [3.05, 3.63) is 46.1 Å². The van der Waals surface area contributed by atoms with E-state index in [4.69, 9.17) is 9.15 Å². The van der Waals surface area contributed by atoms with Crippen LogP contribution in [0, 0.1) is 0 Å². The Hall–Kier alpha value is -3.35. The third-order valence-corrected chi connectivity index (χ3v) is 5.50. The van der Waals surface area contributed by atoms with Crippen LogP contribution in [0.2, 0.25) is 0 Å². The van der Waals surface area contributed by atoms with E-state index < -0.39 is 70.8 Å². The fourth-order valence-electron chi connectivity index (χ4n) is 3.88. The van der Waals surface area contributed by atoms with Crippen molar-refractivity contribution < 1.29 is 50.0 Å². The molecule has 0 bridgehead atoms. The number of aliphatic hydroxyl groups is 4. The molecule has 1 aliphatic heterocycles. The lowest BCUT2D eigenvalue weighted by Gasteiger charge is -2.40. The first-order valence-electron chi connectivity index (χ1n) is 9.50. The molecule has 8 N–H and O–H groups in total. The molecule has 1 fully saturated rings. The first-order chi connectivity index (χ1) is 15.1. The Morgan fingerprint density at radius 2 is 1.56 bits per heavy atom. The molecule has 0 aliphatic carbocycles. The van der Waals surface area contributed by atoms with Crippen molar-refractivity contribution in [3.63, 3.8) is 0 Å². The SMILES string of the molecule is O=c1c(O)c(-c2ccc(O)cc2)oc2c([C@@H]3[C@@H](O)[C@H](O)[C@@H](CO)O[C@H]3O)c(O)cc(O)c12. The molecule has 0 unspecified atom stereocenters. The maximum absolute atomic E-state index is 12.8. The Morgan fingerprint density at radius 1 is 0.906 bits per heavy atom. The van der Waals surface area contributed by atoms with Gasteiger partial charge in [-0.1, -0.05) is 0 Å². The molecule has 4 rings (SSSR count). The minimum atomic E-state index is -1.85. The maximum atomic E-state index is 12.8. The molecular formula is C21H20O11. The molecule has 0 radical (unpaired) electrons. The Labute approximate surface area is 179 Å². The highest BCUT2D eigenvalue weighted by molar-refractivity contribution is 5.91. The van der Waals surface area contributed by atoms with E-state index in [1.54, 1.807) is 0 Å². The van der Waals surface area contributed by atoms with Crippen LogP contribution in [0.25, 0.3) is 22.3 Å². The Balaban J connectivity index is 2.01. The van der Waals surface area contributed by atoms with Gasteiger partial charge in [0.25, 0.3) is 0 Å². The predicted octanol–water partition coefficient (Wildman–Crippen LogP) is -0.203. The lowest BCUT2D eigenvalue weighted by molar-refractivity contribution is -0.251. The van der Waals surface area contributed by atoms with Crippen LogP contribution in [0.5, 0.6) is 23.0 Å². The van der Waals surface area contributed by atoms with Gasteiger partial charge in [0.2, 0.25) is 11.2 Å². The van der Waals surface area contributed by atoms with Crippen LogP contribution in [0.1, 0.15) is 11.5 Å². The van der Waals surface area contributed by atoms with Crippen molar-refractivity contribution >= 4 is 11.0 Å². The van der Waals surface area contributed by atoms with Crippen LogP contribution < -0.4 is 5.43 Å². The fraction of sp³-hybridized carbons (Fsp3) is 0.286. The van der Waals surface area contributed by atoms with Crippen LogP contribution in [0.4, 0.5) is 0 Å². The summed E-state index contributed by atoms with van der Waals surface area (Å²) in [5, 5.41) is 80.6. The van der Waals surface area contributed by atoms with Crippen LogP contribution in [0.3, 0.4) is 0 Å². The highest BCUT2D eigenvalue weighted by Crippen LogP contribution is 2.45. The number of hydrogen-bond acceptors (Lipinski definition) is 11. The van der Waals surface area contributed by atoms with E-state index in [9.17, 15) is 45.6 Å². The summed E-state index contributed by atoms with van der Waals surface area (Å²) in [5.41, 5.74) is -1.75. The summed E-state index contributed by atoms with van der Waals surface area (Å²) in [6.07, 6.45) is -6.60. The zero-order chi connectivity index (χ0) is 23.3. The molecule has 3 aromatic rings. The Morgan fingerprint density at radius 3 is 2.19 bits per heavy atom. The lowest BCUT2D eigenvalue weighted by atomic mass is 9.84.